The van der Waals surface area contributed by atoms with Gasteiger partial charge in [0.15, 0.2) is 11.7 Å². The summed E-state index contributed by atoms with van der Waals surface area (Å²) in [7, 11) is 0. The molecule has 0 aliphatic rings. The number of guanidine groups is 1. The smallest absolute Gasteiger partial charge is 0.357 e. The van der Waals surface area contributed by atoms with Gasteiger partial charge in [-0.15, -0.1) is 11.3 Å². The summed E-state index contributed by atoms with van der Waals surface area (Å²) in [6.07, 6.45) is -3.36. The predicted octanol–water partition coefficient (Wildman–Crippen LogP) is 3.64. The van der Waals surface area contributed by atoms with Gasteiger partial charge in [-0.3, -0.25) is 4.99 Å². The molecule has 2 N–H and O–H groups in total. The number of benzene rings is 1. The predicted molar refractivity (Wildman–Crippen MR) is 94.9 cm³/mol. The number of hydrogen-bond acceptors (Lipinski definition) is 3. The van der Waals surface area contributed by atoms with Crippen molar-refractivity contribution in [2.75, 3.05) is 19.6 Å². The van der Waals surface area contributed by atoms with Gasteiger partial charge in [0.1, 0.15) is 5.82 Å². The van der Waals surface area contributed by atoms with Crippen molar-refractivity contribution >= 4 is 17.3 Å². The van der Waals surface area contributed by atoms with E-state index in [0.717, 1.165) is 22.3 Å². The summed E-state index contributed by atoms with van der Waals surface area (Å²) in [4.78, 5) is 7.93. The van der Waals surface area contributed by atoms with Gasteiger partial charge >= 0.3 is 6.18 Å². The van der Waals surface area contributed by atoms with Crippen LogP contribution in [-0.4, -0.2) is 30.6 Å². The van der Waals surface area contributed by atoms with Gasteiger partial charge in [0.2, 0.25) is 0 Å². The molecule has 1 aromatic heterocycles. The normalized spacial score (nSPS) is 12.3. The minimum atomic E-state index is -4.41. The maximum absolute atomic E-state index is 12.9. The standard InChI is InChI=1S/C17H20F4N4S/c1-2-22-16(23-9-7-12-3-5-13(18)6-4-12)24-10-8-15-25-14(11-26-15)17(19,20)21/h3-6,11H,2,7-10H2,1H3,(H2,22,23,24). The lowest BCUT2D eigenvalue weighted by atomic mass is 10.1. The molecule has 2 rings (SSSR count). The van der Waals surface area contributed by atoms with Gasteiger partial charge < -0.3 is 10.6 Å². The van der Waals surface area contributed by atoms with Gasteiger partial charge in [0, 0.05) is 31.4 Å². The van der Waals surface area contributed by atoms with Gasteiger partial charge in [-0.2, -0.15) is 13.2 Å². The first-order chi connectivity index (χ1) is 12.4. The molecule has 0 spiro atoms. The minimum absolute atomic E-state index is 0.271. The molecule has 0 aliphatic heterocycles. The molecule has 0 amide bonds. The lowest BCUT2D eigenvalue weighted by Crippen LogP contribution is -2.38. The Kier molecular flexibility index (Phi) is 7.38. The third-order valence-corrected chi connectivity index (χ3v) is 4.31. The summed E-state index contributed by atoms with van der Waals surface area (Å²) in [5, 5.41) is 7.65. The fourth-order valence-electron chi connectivity index (χ4n) is 2.14. The zero-order chi connectivity index (χ0) is 19.0. The summed E-state index contributed by atoms with van der Waals surface area (Å²) >= 11 is 0.986. The Morgan fingerprint density at radius 3 is 2.50 bits per heavy atom. The van der Waals surface area contributed by atoms with E-state index >= 15 is 0 Å². The Morgan fingerprint density at radius 1 is 1.15 bits per heavy atom. The maximum atomic E-state index is 12.9. The molecular weight excluding hydrogens is 368 g/mol. The number of thiazole rings is 1. The summed E-state index contributed by atoms with van der Waals surface area (Å²) in [6, 6.07) is 6.28. The van der Waals surface area contributed by atoms with Crippen molar-refractivity contribution in [1.82, 2.24) is 15.6 Å². The van der Waals surface area contributed by atoms with Crippen molar-refractivity contribution in [3.63, 3.8) is 0 Å². The number of aromatic nitrogens is 1. The van der Waals surface area contributed by atoms with E-state index in [-0.39, 0.29) is 5.82 Å². The highest BCUT2D eigenvalue weighted by Gasteiger charge is 2.33. The Bertz CT molecular complexity index is 710. The van der Waals surface area contributed by atoms with E-state index in [9.17, 15) is 17.6 Å². The van der Waals surface area contributed by atoms with E-state index in [1.54, 1.807) is 12.1 Å². The van der Waals surface area contributed by atoms with Crippen LogP contribution in [-0.2, 0) is 19.0 Å². The van der Waals surface area contributed by atoms with Crippen LogP contribution in [0.4, 0.5) is 17.6 Å². The fourth-order valence-corrected chi connectivity index (χ4v) is 2.93. The number of alkyl halides is 3. The van der Waals surface area contributed by atoms with Crippen LogP contribution in [0.2, 0.25) is 0 Å². The monoisotopic (exact) mass is 388 g/mol. The Balaban J connectivity index is 1.82. The van der Waals surface area contributed by atoms with Crippen LogP contribution in [0.3, 0.4) is 0 Å². The summed E-state index contributed by atoms with van der Waals surface area (Å²) in [6.45, 7) is 3.52. The number of rotatable bonds is 7. The van der Waals surface area contributed by atoms with Crippen LogP contribution in [0.1, 0.15) is 23.2 Å². The average molecular weight is 388 g/mol. The molecule has 4 nitrogen and oxygen atoms in total. The Labute approximate surface area is 153 Å². The number of nitrogens with zero attached hydrogens (tertiary/aromatic N) is 2. The Morgan fingerprint density at radius 2 is 1.88 bits per heavy atom. The van der Waals surface area contributed by atoms with E-state index in [2.05, 4.69) is 20.6 Å². The van der Waals surface area contributed by atoms with E-state index in [1.165, 1.54) is 12.1 Å². The first-order valence-corrected chi connectivity index (χ1v) is 9.04. The highest BCUT2D eigenvalue weighted by molar-refractivity contribution is 7.09. The lowest BCUT2D eigenvalue weighted by molar-refractivity contribution is -0.140. The molecule has 0 radical (unpaired) electrons. The molecule has 0 bridgehead atoms. The zero-order valence-corrected chi connectivity index (χ0v) is 15.1. The average Bonchev–Trinajstić information content (AvgIpc) is 3.06. The van der Waals surface area contributed by atoms with Gasteiger partial charge in [0.05, 0.1) is 5.01 Å². The van der Waals surface area contributed by atoms with Crippen LogP contribution < -0.4 is 10.6 Å². The number of aliphatic imine (C=N–C) groups is 1. The van der Waals surface area contributed by atoms with Crippen molar-refractivity contribution < 1.29 is 17.6 Å². The summed E-state index contributed by atoms with van der Waals surface area (Å²) in [5.74, 6) is 0.315. The fraction of sp³-hybridized carbons (Fsp3) is 0.412. The molecule has 142 valence electrons. The highest BCUT2D eigenvalue weighted by atomic mass is 32.1. The molecule has 1 heterocycles. The molecule has 9 heteroatoms. The van der Waals surface area contributed by atoms with E-state index < -0.39 is 11.9 Å². The third-order valence-electron chi connectivity index (χ3n) is 3.40. The summed E-state index contributed by atoms with van der Waals surface area (Å²) in [5.41, 5.74) is 0.142. The molecular formula is C17H20F4N4S. The van der Waals surface area contributed by atoms with Crippen molar-refractivity contribution in [2.45, 2.75) is 25.9 Å². The maximum Gasteiger partial charge on any atom is 0.434 e. The van der Waals surface area contributed by atoms with Crippen molar-refractivity contribution in [3.8, 4) is 0 Å². The summed E-state index contributed by atoms with van der Waals surface area (Å²) < 4.78 is 50.5. The van der Waals surface area contributed by atoms with Gasteiger partial charge in [-0.05, 0) is 31.0 Å². The SMILES string of the molecule is CCNC(=NCCc1nc(C(F)(F)F)cs1)NCCc1ccc(F)cc1. The number of nitrogens with one attached hydrogen (secondary N) is 2. The topological polar surface area (TPSA) is 49.3 Å². The molecule has 2 aromatic rings. The molecule has 26 heavy (non-hydrogen) atoms. The van der Waals surface area contributed by atoms with Crippen molar-refractivity contribution in [1.29, 1.82) is 0 Å². The van der Waals surface area contributed by atoms with Crippen LogP contribution in [0.15, 0.2) is 34.6 Å². The first-order valence-electron chi connectivity index (χ1n) is 8.16. The molecule has 0 atom stereocenters. The zero-order valence-electron chi connectivity index (χ0n) is 14.2. The minimum Gasteiger partial charge on any atom is -0.357 e. The van der Waals surface area contributed by atoms with E-state index in [4.69, 9.17) is 0 Å². The van der Waals surface area contributed by atoms with Crippen LogP contribution in [0.25, 0.3) is 0 Å². The molecule has 0 unspecified atom stereocenters. The van der Waals surface area contributed by atoms with Gasteiger partial charge in [-0.1, -0.05) is 12.1 Å². The quantitative estimate of drug-likeness (QED) is 0.433. The van der Waals surface area contributed by atoms with E-state index in [0.29, 0.717) is 43.4 Å². The first kappa shape index (κ1) is 20.2. The second-order valence-electron chi connectivity index (χ2n) is 5.44. The Hall–Kier alpha value is -2.16. The highest BCUT2D eigenvalue weighted by Crippen LogP contribution is 2.30. The number of hydrogen-bond donors (Lipinski definition) is 2. The molecule has 0 saturated heterocycles. The van der Waals surface area contributed by atoms with Gasteiger partial charge in [-0.25, -0.2) is 9.37 Å². The second kappa shape index (κ2) is 9.51. The lowest BCUT2D eigenvalue weighted by Gasteiger charge is -2.11. The third kappa shape index (κ3) is 6.62. The van der Waals surface area contributed by atoms with Crippen molar-refractivity contribution in [3.05, 3.63) is 51.7 Å². The van der Waals surface area contributed by atoms with Crippen molar-refractivity contribution in [2.24, 2.45) is 4.99 Å². The van der Waals surface area contributed by atoms with Crippen LogP contribution in [0.5, 0.6) is 0 Å². The van der Waals surface area contributed by atoms with E-state index in [1.807, 2.05) is 6.92 Å². The molecule has 0 fully saturated rings. The molecule has 0 aliphatic carbocycles. The van der Waals surface area contributed by atoms with Gasteiger partial charge in [0.25, 0.3) is 0 Å². The second-order valence-corrected chi connectivity index (χ2v) is 6.38. The largest absolute Gasteiger partial charge is 0.434 e. The van der Waals surface area contributed by atoms with Crippen LogP contribution in [0, 0.1) is 5.82 Å². The molecule has 1 aromatic carbocycles. The molecule has 0 saturated carbocycles. The van der Waals surface area contributed by atoms with Crippen LogP contribution >= 0.6 is 11.3 Å². The number of halogens is 4.